The zero-order chi connectivity index (χ0) is 24.2. The van der Waals surface area contributed by atoms with Crippen molar-refractivity contribution >= 4 is 34.1 Å². The van der Waals surface area contributed by atoms with Gasteiger partial charge in [0.25, 0.3) is 5.60 Å². The van der Waals surface area contributed by atoms with E-state index in [0.717, 1.165) is 6.07 Å². The molecule has 0 spiro atoms. The first-order valence-electron chi connectivity index (χ1n) is 9.29. The lowest BCUT2D eigenvalue weighted by atomic mass is 9.84. The van der Waals surface area contributed by atoms with E-state index in [0.29, 0.717) is 17.5 Å². The molecule has 1 aliphatic heterocycles. The van der Waals surface area contributed by atoms with Crippen molar-refractivity contribution in [1.29, 1.82) is 0 Å². The first-order chi connectivity index (χ1) is 15.3. The Hall–Kier alpha value is -3.27. The van der Waals surface area contributed by atoms with Crippen molar-refractivity contribution in [2.24, 2.45) is 5.16 Å². The molecule has 3 aromatic carbocycles. The first-order valence-corrected chi connectivity index (χ1v) is 9.67. The molecule has 0 saturated heterocycles. The summed E-state index contributed by atoms with van der Waals surface area (Å²) in [6.07, 6.45) is -11.0. The molecule has 33 heavy (non-hydrogen) atoms. The van der Waals surface area contributed by atoms with Gasteiger partial charge in [-0.05, 0) is 35.0 Å². The molecule has 1 unspecified atom stereocenters. The number of carbonyl (C=O) groups is 1. The fourth-order valence-corrected chi connectivity index (χ4v) is 4.01. The predicted octanol–water partition coefficient (Wildman–Crippen LogP) is 6.79. The summed E-state index contributed by atoms with van der Waals surface area (Å²) in [5.74, 6) is -1.23. The summed E-state index contributed by atoms with van der Waals surface area (Å²) in [6, 6.07) is 10.3. The number of hydrogen-bond donors (Lipinski definition) is 1. The number of oxime groups is 1. The Labute approximate surface area is 187 Å². The molecule has 0 amide bonds. The molecular weight excluding hydrogens is 476 g/mol. The minimum Gasteiger partial charge on any atom is -0.478 e. The number of hydrogen-bond acceptors (Lipinski definition) is 3. The van der Waals surface area contributed by atoms with Gasteiger partial charge in [-0.1, -0.05) is 47.1 Å². The molecule has 172 valence electrons. The normalized spacial score (nSPS) is 18.8. The van der Waals surface area contributed by atoms with E-state index in [-0.39, 0.29) is 22.2 Å². The van der Waals surface area contributed by atoms with Gasteiger partial charge in [-0.25, -0.2) is 4.79 Å². The van der Waals surface area contributed by atoms with Crippen LogP contribution in [0.4, 0.5) is 26.3 Å². The minimum atomic E-state index is -5.15. The van der Waals surface area contributed by atoms with E-state index < -0.39 is 46.5 Å². The van der Waals surface area contributed by atoms with Crippen molar-refractivity contribution in [2.75, 3.05) is 0 Å². The van der Waals surface area contributed by atoms with Gasteiger partial charge < -0.3 is 9.94 Å². The number of rotatable bonds is 3. The average molecular weight is 488 g/mol. The van der Waals surface area contributed by atoms with Crippen LogP contribution in [0.25, 0.3) is 10.8 Å². The van der Waals surface area contributed by atoms with E-state index in [1.165, 1.54) is 24.3 Å². The van der Waals surface area contributed by atoms with Gasteiger partial charge in [0.2, 0.25) is 0 Å². The molecule has 1 atom stereocenters. The van der Waals surface area contributed by atoms with Crippen LogP contribution >= 0.6 is 11.6 Å². The second-order valence-electron chi connectivity index (χ2n) is 7.37. The topological polar surface area (TPSA) is 58.9 Å². The molecule has 0 fully saturated rings. The molecule has 0 aliphatic carbocycles. The second-order valence-corrected chi connectivity index (χ2v) is 7.81. The minimum absolute atomic E-state index is 0.0689. The Morgan fingerprint density at radius 1 is 1.00 bits per heavy atom. The summed E-state index contributed by atoms with van der Waals surface area (Å²) in [5, 5.41) is 13.0. The van der Waals surface area contributed by atoms with E-state index in [1.54, 1.807) is 12.1 Å². The monoisotopic (exact) mass is 487 g/mol. The maximum Gasteiger partial charge on any atom is 0.435 e. The summed E-state index contributed by atoms with van der Waals surface area (Å²) in [6.45, 7) is 0. The number of fused-ring (bicyclic) bond motifs is 1. The number of carboxylic acids is 1. The highest BCUT2D eigenvalue weighted by molar-refractivity contribution is 6.30. The molecule has 11 heteroatoms. The average Bonchev–Trinajstić information content (AvgIpc) is 3.18. The van der Waals surface area contributed by atoms with E-state index >= 15 is 0 Å². The molecular formula is C22H12ClF6NO3. The van der Waals surface area contributed by atoms with Crippen molar-refractivity contribution in [3.8, 4) is 0 Å². The van der Waals surface area contributed by atoms with Crippen LogP contribution in [0.3, 0.4) is 0 Å². The molecule has 1 aliphatic rings. The maximum atomic E-state index is 14.2. The van der Waals surface area contributed by atoms with Gasteiger partial charge in [0.15, 0.2) is 0 Å². The summed E-state index contributed by atoms with van der Waals surface area (Å²) < 4.78 is 82.4. The van der Waals surface area contributed by atoms with Crippen molar-refractivity contribution in [2.45, 2.75) is 24.4 Å². The highest BCUT2D eigenvalue weighted by Crippen LogP contribution is 2.50. The summed E-state index contributed by atoms with van der Waals surface area (Å²) in [5.41, 5.74) is -5.52. The van der Waals surface area contributed by atoms with Crippen LogP contribution < -0.4 is 0 Å². The van der Waals surface area contributed by atoms with Gasteiger partial charge in [0, 0.05) is 22.6 Å². The Morgan fingerprint density at radius 2 is 1.67 bits per heavy atom. The SMILES string of the molecule is O=C(O)c1ccc(C2=NOC(c3cc(Cl)cc(C(F)(F)F)c3)(C(F)(F)F)C2)c2ccccc12. The fourth-order valence-electron chi connectivity index (χ4n) is 3.77. The largest absolute Gasteiger partial charge is 0.478 e. The molecule has 3 aromatic rings. The summed E-state index contributed by atoms with van der Waals surface area (Å²) >= 11 is 5.71. The van der Waals surface area contributed by atoms with Gasteiger partial charge in [0.05, 0.1) is 16.8 Å². The first kappa shape index (κ1) is 22.9. The third-order valence-corrected chi connectivity index (χ3v) is 5.56. The molecule has 4 rings (SSSR count). The van der Waals surface area contributed by atoms with Crippen LogP contribution in [0.2, 0.25) is 5.02 Å². The number of halogens is 7. The quantitative estimate of drug-likeness (QED) is 0.414. The molecule has 1 N–H and O–H groups in total. The number of nitrogens with zero attached hydrogens (tertiary/aromatic N) is 1. The third kappa shape index (κ3) is 3.88. The standard InChI is InChI=1S/C22H12ClF6NO3/c23-13-8-11(7-12(9-13)21(24,25)26)20(22(27,28)29)10-18(30-33-20)16-5-6-17(19(31)32)15-4-2-1-3-14(15)16/h1-9H,10H2,(H,31,32). The maximum absolute atomic E-state index is 14.2. The molecule has 0 saturated carbocycles. The number of benzene rings is 3. The van der Waals surface area contributed by atoms with Crippen LogP contribution in [0.1, 0.15) is 33.5 Å². The van der Waals surface area contributed by atoms with E-state index in [2.05, 4.69) is 5.16 Å². The number of aromatic carboxylic acids is 1. The highest BCUT2D eigenvalue weighted by Gasteiger charge is 2.62. The Morgan fingerprint density at radius 3 is 2.27 bits per heavy atom. The van der Waals surface area contributed by atoms with Crippen LogP contribution in [-0.2, 0) is 16.6 Å². The zero-order valence-electron chi connectivity index (χ0n) is 16.3. The van der Waals surface area contributed by atoms with Gasteiger partial charge in [-0.15, -0.1) is 0 Å². The fraction of sp³-hybridized carbons (Fsp3) is 0.182. The van der Waals surface area contributed by atoms with Gasteiger partial charge in [-0.2, -0.15) is 26.3 Å². The molecule has 1 heterocycles. The molecule has 0 aromatic heterocycles. The number of alkyl halides is 6. The second kappa shape index (κ2) is 7.65. The highest BCUT2D eigenvalue weighted by atomic mass is 35.5. The summed E-state index contributed by atoms with van der Waals surface area (Å²) in [4.78, 5) is 16.3. The predicted molar refractivity (Wildman–Crippen MR) is 107 cm³/mol. The smallest absolute Gasteiger partial charge is 0.435 e. The van der Waals surface area contributed by atoms with Crippen LogP contribution in [0, 0.1) is 0 Å². The van der Waals surface area contributed by atoms with Gasteiger partial charge >= 0.3 is 18.3 Å². The van der Waals surface area contributed by atoms with E-state index in [4.69, 9.17) is 16.4 Å². The molecule has 4 nitrogen and oxygen atoms in total. The lowest BCUT2D eigenvalue weighted by molar-refractivity contribution is -0.276. The van der Waals surface area contributed by atoms with Crippen LogP contribution in [-0.4, -0.2) is 23.0 Å². The van der Waals surface area contributed by atoms with Crippen molar-refractivity contribution in [3.63, 3.8) is 0 Å². The summed E-state index contributed by atoms with van der Waals surface area (Å²) in [7, 11) is 0. The number of carboxylic acid groups (broad SMARTS) is 1. The molecule has 0 bridgehead atoms. The Bertz CT molecular complexity index is 1300. The Kier molecular flexibility index (Phi) is 5.31. The van der Waals surface area contributed by atoms with E-state index in [1.807, 2.05) is 0 Å². The van der Waals surface area contributed by atoms with Crippen LogP contribution in [0.15, 0.2) is 59.8 Å². The van der Waals surface area contributed by atoms with Crippen LogP contribution in [0.5, 0.6) is 0 Å². The van der Waals surface area contributed by atoms with Crippen molar-refractivity contribution < 1.29 is 41.1 Å². The van der Waals surface area contributed by atoms with Crippen molar-refractivity contribution in [3.05, 3.63) is 81.9 Å². The zero-order valence-corrected chi connectivity index (χ0v) is 17.0. The third-order valence-electron chi connectivity index (χ3n) is 5.34. The van der Waals surface area contributed by atoms with Crippen molar-refractivity contribution in [1.82, 2.24) is 0 Å². The van der Waals surface area contributed by atoms with Gasteiger partial charge in [0.1, 0.15) is 0 Å². The van der Waals surface area contributed by atoms with Gasteiger partial charge in [-0.3, -0.25) is 0 Å². The Balaban J connectivity index is 1.85. The molecule has 0 radical (unpaired) electrons. The lowest BCUT2D eigenvalue weighted by Crippen LogP contribution is -2.43. The lowest BCUT2D eigenvalue weighted by Gasteiger charge is -2.30. The van der Waals surface area contributed by atoms with E-state index in [9.17, 15) is 36.2 Å².